The third-order valence-corrected chi connectivity index (χ3v) is 8.20. The highest BCUT2D eigenvalue weighted by Crippen LogP contribution is 2.35. The van der Waals surface area contributed by atoms with Gasteiger partial charge in [0.1, 0.15) is 0 Å². The number of aromatic nitrogens is 2. The van der Waals surface area contributed by atoms with Crippen LogP contribution in [0, 0.1) is 12.8 Å². The second-order valence-corrected chi connectivity index (χ2v) is 11.5. The van der Waals surface area contributed by atoms with E-state index in [1.54, 1.807) is 25.4 Å². The number of carbonyl (C=O) groups excluding carboxylic acids is 1. The second kappa shape index (κ2) is 12.5. The Balaban J connectivity index is 0.000000572. The first-order valence-corrected chi connectivity index (χ1v) is 13.8. The van der Waals surface area contributed by atoms with Gasteiger partial charge in [-0.25, -0.2) is 18.2 Å². The van der Waals surface area contributed by atoms with Crippen LogP contribution in [0.1, 0.15) is 62.6 Å². The molecule has 3 N–H and O–H groups in total. The van der Waals surface area contributed by atoms with Gasteiger partial charge in [-0.3, -0.25) is 9.59 Å². The minimum atomic E-state index is -5.08. The quantitative estimate of drug-likeness (QED) is 0.466. The summed E-state index contributed by atoms with van der Waals surface area (Å²) in [7, 11) is -3.67. The molecule has 200 valence electrons. The van der Waals surface area contributed by atoms with Gasteiger partial charge in [-0.05, 0) is 25.3 Å². The predicted octanol–water partition coefficient (Wildman–Crippen LogP) is 4.26. The highest BCUT2D eigenvalue weighted by atomic mass is 32.2. The molecule has 0 saturated heterocycles. The van der Waals surface area contributed by atoms with Crippen LogP contribution in [0.4, 0.5) is 18.3 Å². The van der Waals surface area contributed by atoms with Gasteiger partial charge in [0.15, 0.2) is 15.0 Å². The summed E-state index contributed by atoms with van der Waals surface area (Å²) in [6.07, 6.45) is 2.29. The van der Waals surface area contributed by atoms with E-state index in [1.807, 2.05) is 0 Å². The number of anilines is 1. The number of aliphatic carboxylic acids is 1. The van der Waals surface area contributed by atoms with E-state index in [1.165, 1.54) is 23.8 Å². The number of amides is 1. The summed E-state index contributed by atoms with van der Waals surface area (Å²) in [5.74, 6) is -3.83. The Hall–Kier alpha value is -2.74. The normalized spacial score (nSPS) is 15.5. The van der Waals surface area contributed by atoms with Crippen LogP contribution >= 0.6 is 11.3 Å². The monoisotopic (exact) mass is 551 g/mol. The Morgan fingerprint density at radius 3 is 2.39 bits per heavy atom. The second-order valence-electron chi connectivity index (χ2n) is 8.38. The van der Waals surface area contributed by atoms with Gasteiger partial charge in [0.25, 0.3) is 5.56 Å². The predicted molar refractivity (Wildman–Crippen MR) is 128 cm³/mol. The van der Waals surface area contributed by atoms with E-state index in [4.69, 9.17) is 9.90 Å². The largest absolute Gasteiger partial charge is 0.490 e. The summed E-state index contributed by atoms with van der Waals surface area (Å²) in [5, 5.41) is 12.1. The summed E-state index contributed by atoms with van der Waals surface area (Å²) < 4.78 is 57.3. The Kier molecular flexibility index (Phi) is 10.2. The number of aromatic amines is 1. The number of carboxylic acid groups (broad SMARTS) is 1. The molecule has 1 fully saturated rings. The number of nitrogens with one attached hydrogen (secondary N) is 2. The van der Waals surface area contributed by atoms with Crippen molar-refractivity contribution >= 4 is 38.2 Å². The van der Waals surface area contributed by atoms with Gasteiger partial charge >= 0.3 is 12.1 Å². The highest BCUT2D eigenvalue weighted by Gasteiger charge is 2.38. The summed E-state index contributed by atoms with van der Waals surface area (Å²) in [6.45, 7) is 3.19. The smallest absolute Gasteiger partial charge is 0.475 e. The number of rotatable bonds is 7. The van der Waals surface area contributed by atoms with Gasteiger partial charge in [0, 0.05) is 22.8 Å². The Labute approximate surface area is 210 Å². The average Bonchev–Trinajstić information content (AvgIpc) is 3.31. The van der Waals surface area contributed by atoms with Crippen molar-refractivity contribution in [2.45, 2.75) is 69.4 Å². The molecule has 2 aromatic heterocycles. The van der Waals surface area contributed by atoms with Crippen molar-refractivity contribution in [1.29, 1.82) is 0 Å². The molecule has 9 nitrogen and oxygen atoms in total. The molecule has 36 heavy (non-hydrogen) atoms. The lowest BCUT2D eigenvalue weighted by Crippen LogP contribution is -2.31. The minimum absolute atomic E-state index is 0.0312. The lowest BCUT2D eigenvalue weighted by molar-refractivity contribution is -0.192. The van der Waals surface area contributed by atoms with E-state index in [0.29, 0.717) is 17.2 Å². The van der Waals surface area contributed by atoms with Crippen LogP contribution in [0.5, 0.6) is 0 Å². The third kappa shape index (κ3) is 8.15. The number of carbonyl (C=O) groups is 2. The highest BCUT2D eigenvalue weighted by molar-refractivity contribution is 7.91. The summed E-state index contributed by atoms with van der Waals surface area (Å²) in [4.78, 5) is 41.7. The summed E-state index contributed by atoms with van der Waals surface area (Å²) in [6, 6.07) is 1.47. The van der Waals surface area contributed by atoms with Crippen molar-refractivity contribution in [2.75, 3.05) is 11.1 Å². The number of aryl methyl sites for hydroxylation is 1. The minimum Gasteiger partial charge on any atom is -0.475 e. The summed E-state index contributed by atoms with van der Waals surface area (Å²) >= 11 is 1.28. The lowest BCUT2D eigenvalue weighted by atomic mass is 9.80. The van der Waals surface area contributed by atoms with E-state index < -0.39 is 33.5 Å². The molecule has 1 aliphatic carbocycles. The molecule has 1 amide bonds. The van der Waals surface area contributed by atoms with Crippen LogP contribution in [-0.2, 0) is 19.4 Å². The van der Waals surface area contributed by atoms with Gasteiger partial charge in [-0.1, -0.05) is 39.0 Å². The first-order valence-electron chi connectivity index (χ1n) is 11.2. The van der Waals surface area contributed by atoms with Crippen LogP contribution in [-0.4, -0.2) is 47.3 Å². The molecule has 1 saturated carbocycles. The van der Waals surface area contributed by atoms with Crippen LogP contribution < -0.4 is 10.9 Å². The number of carboxylic acids is 1. The van der Waals surface area contributed by atoms with Crippen molar-refractivity contribution in [3.05, 3.63) is 39.3 Å². The molecule has 1 aliphatic rings. The fraction of sp³-hybridized carbons (Fsp3) is 0.545. The molecule has 3 rings (SSSR count). The maximum absolute atomic E-state index is 13.2. The van der Waals surface area contributed by atoms with Crippen molar-refractivity contribution < 1.29 is 36.3 Å². The van der Waals surface area contributed by atoms with E-state index in [0.717, 1.165) is 25.7 Å². The number of halogens is 3. The van der Waals surface area contributed by atoms with Gasteiger partial charge < -0.3 is 15.4 Å². The van der Waals surface area contributed by atoms with Gasteiger partial charge in [0.2, 0.25) is 5.91 Å². The molecule has 2 aromatic rings. The molecule has 2 heterocycles. The number of pyridine rings is 1. The third-order valence-electron chi connectivity index (χ3n) is 5.75. The lowest BCUT2D eigenvalue weighted by Gasteiger charge is -2.26. The molecule has 0 aromatic carbocycles. The van der Waals surface area contributed by atoms with E-state index in [-0.39, 0.29) is 28.0 Å². The first kappa shape index (κ1) is 29.5. The van der Waals surface area contributed by atoms with Gasteiger partial charge in [-0.15, -0.1) is 11.3 Å². The molecule has 0 radical (unpaired) electrons. The zero-order chi connectivity index (χ0) is 27.1. The molecule has 1 atom stereocenters. The van der Waals surface area contributed by atoms with Crippen molar-refractivity contribution in [3.63, 3.8) is 0 Å². The Bertz CT molecular complexity index is 1200. The van der Waals surface area contributed by atoms with E-state index in [2.05, 4.69) is 15.3 Å². The van der Waals surface area contributed by atoms with Crippen molar-refractivity contribution in [2.24, 2.45) is 5.92 Å². The molecule has 0 spiro atoms. The molecule has 1 unspecified atom stereocenters. The Morgan fingerprint density at radius 1 is 1.28 bits per heavy atom. The SMILES string of the molecule is CCS(=O)(=O)c1cc(C)[nH]c(=O)c1C(CC1CCCCC1)C(=O)Nc1nccs1.O=C(O)C(F)(F)F. The van der Waals surface area contributed by atoms with Crippen molar-refractivity contribution in [1.82, 2.24) is 9.97 Å². The average molecular weight is 552 g/mol. The fourth-order valence-electron chi connectivity index (χ4n) is 4.00. The van der Waals surface area contributed by atoms with Gasteiger partial charge in [0.05, 0.1) is 16.6 Å². The number of nitrogens with zero attached hydrogens (tertiary/aromatic N) is 1. The Morgan fingerprint density at radius 2 is 1.89 bits per heavy atom. The van der Waals surface area contributed by atoms with Crippen LogP contribution in [0.3, 0.4) is 0 Å². The van der Waals surface area contributed by atoms with Crippen LogP contribution in [0.15, 0.2) is 27.3 Å². The zero-order valence-corrected chi connectivity index (χ0v) is 21.4. The number of hydrogen-bond donors (Lipinski definition) is 3. The number of alkyl halides is 3. The number of hydrogen-bond acceptors (Lipinski definition) is 7. The van der Waals surface area contributed by atoms with Crippen LogP contribution in [0.25, 0.3) is 0 Å². The van der Waals surface area contributed by atoms with E-state index in [9.17, 15) is 31.2 Å². The topological polar surface area (TPSA) is 146 Å². The number of H-pyrrole nitrogens is 1. The maximum Gasteiger partial charge on any atom is 0.490 e. The first-order chi connectivity index (χ1) is 16.8. The molecular formula is C22H28F3N3O6S2. The number of sulfone groups is 1. The van der Waals surface area contributed by atoms with Crippen molar-refractivity contribution in [3.8, 4) is 0 Å². The molecule has 0 bridgehead atoms. The molecule has 14 heteroatoms. The summed E-state index contributed by atoms with van der Waals surface area (Å²) in [5.41, 5.74) is 0.00623. The zero-order valence-electron chi connectivity index (χ0n) is 19.7. The maximum atomic E-state index is 13.2. The molecule has 0 aliphatic heterocycles. The van der Waals surface area contributed by atoms with Gasteiger partial charge in [-0.2, -0.15) is 13.2 Å². The number of thiazole rings is 1. The fourth-order valence-corrected chi connectivity index (χ4v) is 5.77. The van der Waals surface area contributed by atoms with E-state index >= 15 is 0 Å². The van der Waals surface area contributed by atoms with Crippen LogP contribution in [0.2, 0.25) is 0 Å². The molecular weight excluding hydrogens is 523 g/mol. The standard InChI is InChI=1S/C20H27N3O4S2.C2HF3O2/c1-3-29(26,27)16-11-13(2)22-19(25)17(16)15(12-14-7-5-4-6-8-14)18(24)23-20-21-9-10-28-20;3-2(4,5)1(6)7/h9-11,14-15H,3-8,12H2,1-2H3,(H,22,25)(H,21,23,24);(H,6,7).